The number of nitrogens with zero attached hydrogens (tertiary/aromatic N) is 2. The summed E-state index contributed by atoms with van der Waals surface area (Å²) in [6.07, 6.45) is 3.52. The van der Waals surface area contributed by atoms with Crippen molar-refractivity contribution >= 4 is 40.0 Å². The Kier molecular flexibility index (Phi) is 9.68. The van der Waals surface area contributed by atoms with Gasteiger partial charge >= 0.3 is 0 Å². The van der Waals surface area contributed by atoms with Gasteiger partial charge in [0.25, 0.3) is 0 Å². The fourth-order valence-electron chi connectivity index (χ4n) is 3.95. The van der Waals surface area contributed by atoms with Crippen LogP contribution in [-0.2, 0) is 10.0 Å². The van der Waals surface area contributed by atoms with E-state index in [0.717, 1.165) is 31.9 Å². The number of benzene rings is 1. The van der Waals surface area contributed by atoms with Crippen molar-refractivity contribution in [1.82, 2.24) is 14.9 Å². The molecule has 0 amide bonds. The van der Waals surface area contributed by atoms with E-state index in [1.54, 1.807) is 4.31 Å². The van der Waals surface area contributed by atoms with Crippen LogP contribution < -0.4 is 10.6 Å². The Morgan fingerprint density at radius 2 is 1.86 bits per heavy atom. The lowest BCUT2D eigenvalue weighted by Crippen LogP contribution is -2.50. The first-order valence-electron chi connectivity index (χ1n) is 10.6. The Bertz CT molecular complexity index is 749. The fraction of sp³-hybridized carbons (Fsp3) is 0.667. The molecule has 2 N–H and O–H groups in total. The van der Waals surface area contributed by atoms with Gasteiger partial charge in [0, 0.05) is 32.2 Å². The van der Waals surface area contributed by atoms with Crippen molar-refractivity contribution in [1.29, 1.82) is 0 Å². The van der Waals surface area contributed by atoms with E-state index in [0.29, 0.717) is 31.3 Å². The van der Waals surface area contributed by atoms with Gasteiger partial charge in [-0.25, -0.2) is 12.7 Å². The van der Waals surface area contributed by atoms with Gasteiger partial charge in [0.1, 0.15) is 0 Å². The summed E-state index contributed by atoms with van der Waals surface area (Å²) in [5.74, 6) is 2.37. The molecule has 1 aliphatic carbocycles. The van der Waals surface area contributed by atoms with Crippen molar-refractivity contribution in [2.24, 2.45) is 10.9 Å². The molecular formula is C21H35IN4O2S. The van der Waals surface area contributed by atoms with E-state index >= 15 is 0 Å². The monoisotopic (exact) mass is 534 g/mol. The minimum absolute atomic E-state index is 0. The molecule has 29 heavy (non-hydrogen) atoms. The predicted octanol–water partition coefficient (Wildman–Crippen LogP) is 3.17. The first kappa shape index (κ1) is 24.4. The van der Waals surface area contributed by atoms with Gasteiger partial charge < -0.3 is 10.6 Å². The summed E-state index contributed by atoms with van der Waals surface area (Å²) < 4.78 is 26.1. The fourth-order valence-corrected chi connectivity index (χ4v) is 5.49. The van der Waals surface area contributed by atoms with E-state index in [9.17, 15) is 8.42 Å². The molecule has 0 bridgehead atoms. The van der Waals surface area contributed by atoms with Gasteiger partial charge in [-0.3, -0.25) is 4.99 Å². The molecule has 8 heteroatoms. The molecule has 1 aromatic rings. The van der Waals surface area contributed by atoms with Gasteiger partial charge in [-0.05, 0) is 50.0 Å². The van der Waals surface area contributed by atoms with Crippen LogP contribution in [0.15, 0.2) is 35.3 Å². The van der Waals surface area contributed by atoms with Gasteiger partial charge in [0.05, 0.1) is 5.75 Å². The molecule has 6 nitrogen and oxygen atoms in total. The van der Waals surface area contributed by atoms with E-state index in [1.807, 2.05) is 6.92 Å². The Hall–Kier alpha value is -0.870. The average molecular weight is 535 g/mol. The molecule has 1 saturated carbocycles. The minimum atomic E-state index is -3.08. The summed E-state index contributed by atoms with van der Waals surface area (Å²) in [6.45, 7) is 6.82. The topological polar surface area (TPSA) is 73.8 Å². The minimum Gasteiger partial charge on any atom is -0.357 e. The summed E-state index contributed by atoms with van der Waals surface area (Å²) in [7, 11) is -3.08. The number of nitrogens with one attached hydrogen (secondary N) is 2. The third-order valence-corrected chi connectivity index (χ3v) is 7.70. The smallest absolute Gasteiger partial charge is 0.214 e. The van der Waals surface area contributed by atoms with Crippen molar-refractivity contribution in [3.8, 4) is 0 Å². The molecule has 2 unspecified atom stereocenters. The van der Waals surface area contributed by atoms with Gasteiger partial charge in [0.15, 0.2) is 5.96 Å². The Labute approximate surface area is 193 Å². The van der Waals surface area contributed by atoms with Crippen LogP contribution in [0.2, 0.25) is 0 Å². The van der Waals surface area contributed by atoms with Crippen LogP contribution in [0.5, 0.6) is 0 Å². The maximum absolute atomic E-state index is 12.2. The summed E-state index contributed by atoms with van der Waals surface area (Å²) in [5, 5.41) is 6.85. The van der Waals surface area contributed by atoms with Crippen molar-refractivity contribution in [3.05, 3.63) is 35.9 Å². The zero-order chi connectivity index (χ0) is 20.0. The van der Waals surface area contributed by atoms with E-state index in [4.69, 9.17) is 4.99 Å². The standard InChI is InChI=1S/C21H34N4O2S.HI/c1-3-14-28(26,27)25-12-10-19(11-13-25)24-21(22-4-2)23-16-18-15-20(18)17-8-6-5-7-9-17;/h5-9,18-20H,3-4,10-16H2,1-2H3,(H2,22,23,24);1H. The second kappa shape index (κ2) is 11.5. The lowest BCUT2D eigenvalue weighted by molar-refractivity contribution is 0.306. The molecule has 2 aliphatic rings. The molecule has 1 heterocycles. The van der Waals surface area contributed by atoms with Crippen LogP contribution >= 0.6 is 24.0 Å². The summed E-state index contributed by atoms with van der Waals surface area (Å²) in [4.78, 5) is 4.81. The molecular weight excluding hydrogens is 499 g/mol. The third kappa shape index (κ3) is 7.10. The van der Waals surface area contributed by atoms with Gasteiger partial charge in [-0.15, -0.1) is 24.0 Å². The highest BCUT2D eigenvalue weighted by Gasteiger charge is 2.37. The highest BCUT2D eigenvalue weighted by molar-refractivity contribution is 14.0. The maximum atomic E-state index is 12.2. The Morgan fingerprint density at radius 3 is 2.48 bits per heavy atom. The molecule has 1 aliphatic heterocycles. The summed E-state index contributed by atoms with van der Waals surface area (Å²) in [5.41, 5.74) is 1.42. The number of sulfonamides is 1. The van der Waals surface area contributed by atoms with Crippen LogP contribution in [0.25, 0.3) is 0 Å². The van der Waals surface area contributed by atoms with Crippen LogP contribution in [0.1, 0.15) is 51.0 Å². The summed E-state index contributed by atoms with van der Waals surface area (Å²) >= 11 is 0. The number of hydrogen-bond donors (Lipinski definition) is 2. The predicted molar refractivity (Wildman–Crippen MR) is 130 cm³/mol. The molecule has 0 aromatic heterocycles. The maximum Gasteiger partial charge on any atom is 0.214 e. The van der Waals surface area contributed by atoms with Crippen molar-refractivity contribution < 1.29 is 8.42 Å². The second-order valence-electron chi connectivity index (χ2n) is 7.87. The molecule has 1 saturated heterocycles. The van der Waals surface area contributed by atoms with E-state index in [2.05, 4.69) is 47.9 Å². The number of aliphatic imine (C=N–C) groups is 1. The molecule has 1 aromatic carbocycles. The number of piperidine rings is 1. The number of rotatable bonds is 8. The Morgan fingerprint density at radius 1 is 1.17 bits per heavy atom. The molecule has 2 atom stereocenters. The highest BCUT2D eigenvalue weighted by Crippen LogP contribution is 2.47. The van der Waals surface area contributed by atoms with Crippen molar-refractivity contribution in [2.45, 2.75) is 51.5 Å². The third-order valence-electron chi connectivity index (χ3n) is 5.63. The first-order valence-corrected chi connectivity index (χ1v) is 12.2. The van der Waals surface area contributed by atoms with Crippen molar-refractivity contribution in [3.63, 3.8) is 0 Å². The Balaban J connectivity index is 0.00000300. The normalized spacial score (nSPS) is 23.3. The van der Waals surface area contributed by atoms with Crippen LogP contribution in [0.3, 0.4) is 0 Å². The molecule has 2 fully saturated rings. The number of halogens is 1. The van der Waals surface area contributed by atoms with Gasteiger partial charge in [-0.1, -0.05) is 37.3 Å². The largest absolute Gasteiger partial charge is 0.357 e. The van der Waals surface area contributed by atoms with Crippen LogP contribution in [0, 0.1) is 5.92 Å². The van der Waals surface area contributed by atoms with Gasteiger partial charge in [-0.2, -0.15) is 0 Å². The lowest BCUT2D eigenvalue weighted by Gasteiger charge is -2.32. The molecule has 3 rings (SSSR count). The second-order valence-corrected chi connectivity index (χ2v) is 9.95. The van der Waals surface area contributed by atoms with E-state index < -0.39 is 10.0 Å². The molecule has 164 valence electrons. The molecule has 0 radical (unpaired) electrons. The SMILES string of the molecule is CCCS(=O)(=O)N1CCC(NC(=NCC2CC2c2ccccc2)NCC)CC1.I. The van der Waals surface area contributed by atoms with E-state index in [1.165, 1.54) is 12.0 Å². The number of guanidine groups is 1. The zero-order valence-electron chi connectivity index (χ0n) is 17.5. The quantitative estimate of drug-likeness (QED) is 0.306. The summed E-state index contributed by atoms with van der Waals surface area (Å²) in [6, 6.07) is 11.0. The van der Waals surface area contributed by atoms with Crippen molar-refractivity contribution in [2.75, 3.05) is 31.9 Å². The van der Waals surface area contributed by atoms with Crippen LogP contribution in [0.4, 0.5) is 0 Å². The molecule has 0 spiro atoms. The zero-order valence-corrected chi connectivity index (χ0v) is 20.7. The van der Waals surface area contributed by atoms with E-state index in [-0.39, 0.29) is 35.8 Å². The van der Waals surface area contributed by atoms with Gasteiger partial charge in [0.2, 0.25) is 10.0 Å². The average Bonchev–Trinajstić information content (AvgIpc) is 3.47. The first-order chi connectivity index (χ1) is 13.5. The number of hydrogen-bond acceptors (Lipinski definition) is 3. The van der Waals surface area contributed by atoms with Crippen LogP contribution in [-0.4, -0.2) is 56.7 Å². The highest BCUT2D eigenvalue weighted by atomic mass is 127. The lowest BCUT2D eigenvalue weighted by atomic mass is 10.1.